The molecule has 0 aliphatic heterocycles. The summed E-state index contributed by atoms with van der Waals surface area (Å²) in [6.07, 6.45) is 1.04. The van der Waals surface area contributed by atoms with Gasteiger partial charge in [-0.2, -0.15) is 0 Å². The molecule has 0 bridgehead atoms. The molecule has 0 aromatic heterocycles. The van der Waals surface area contributed by atoms with Crippen molar-refractivity contribution in [3.8, 4) is 0 Å². The third-order valence-electron chi connectivity index (χ3n) is 5.43. The summed E-state index contributed by atoms with van der Waals surface area (Å²) in [5.41, 5.74) is 21.5. The number of primary amides is 2. The third-order valence-corrected chi connectivity index (χ3v) is 5.43. The van der Waals surface area contributed by atoms with Crippen molar-refractivity contribution < 1.29 is 33.9 Å². The predicted molar refractivity (Wildman–Crippen MR) is 126 cm³/mol. The zero-order valence-corrected chi connectivity index (χ0v) is 20.2. The van der Waals surface area contributed by atoms with Crippen LogP contribution in [0.2, 0.25) is 0 Å². The maximum Gasteiger partial charge on any atom is 0.326 e. The number of carbonyl (C=O) groups excluding carboxylic acids is 5. The molecule has 35 heavy (non-hydrogen) atoms. The molecule has 0 rings (SSSR count). The Kier molecular flexibility index (Phi) is 14.9. The fraction of sp³-hybridized carbons (Fsp3) is 0.714. The van der Waals surface area contributed by atoms with Gasteiger partial charge in [0.2, 0.25) is 29.5 Å². The molecule has 5 atom stereocenters. The highest BCUT2D eigenvalue weighted by molar-refractivity contribution is 5.95. The number of nitrogens with one attached hydrogen (secondary N) is 3. The first-order valence-corrected chi connectivity index (χ1v) is 11.5. The van der Waals surface area contributed by atoms with Gasteiger partial charge in [-0.05, 0) is 31.7 Å². The van der Waals surface area contributed by atoms with E-state index >= 15 is 0 Å². The number of unbranched alkanes of at least 4 members (excludes halogenated alkanes) is 1. The predicted octanol–water partition coefficient (Wildman–Crippen LogP) is -2.83. The van der Waals surface area contributed by atoms with Gasteiger partial charge in [-0.25, -0.2) is 4.79 Å². The molecule has 0 saturated heterocycles. The summed E-state index contributed by atoms with van der Waals surface area (Å²) in [5, 5.41) is 16.4. The van der Waals surface area contributed by atoms with Crippen LogP contribution in [0.5, 0.6) is 0 Å². The topological polar surface area (TPSA) is 263 Å². The van der Waals surface area contributed by atoms with Crippen molar-refractivity contribution >= 4 is 35.5 Å². The van der Waals surface area contributed by atoms with Crippen LogP contribution in [0.15, 0.2) is 0 Å². The van der Waals surface area contributed by atoms with Gasteiger partial charge >= 0.3 is 5.97 Å². The molecule has 0 heterocycles. The number of hydrogen-bond donors (Lipinski definition) is 8. The number of hydrogen-bond acceptors (Lipinski definition) is 8. The van der Waals surface area contributed by atoms with E-state index in [4.69, 9.17) is 22.9 Å². The maximum absolute atomic E-state index is 13.0. The molecule has 14 nitrogen and oxygen atoms in total. The first kappa shape index (κ1) is 31.7. The van der Waals surface area contributed by atoms with Crippen LogP contribution in [0.4, 0.5) is 0 Å². The lowest BCUT2D eigenvalue weighted by Crippen LogP contribution is -2.59. The quantitative estimate of drug-likeness (QED) is 0.0898. The first-order valence-electron chi connectivity index (χ1n) is 11.5. The van der Waals surface area contributed by atoms with Crippen LogP contribution in [-0.2, 0) is 28.8 Å². The molecule has 0 aromatic carbocycles. The van der Waals surface area contributed by atoms with E-state index in [-0.39, 0.29) is 12.8 Å². The van der Waals surface area contributed by atoms with Crippen LogP contribution < -0.4 is 38.9 Å². The standard InChI is InChI=1S/C21H39N7O7/c1-3-11(2)17(20(33)27-14(21(34)35)10-16(25)30)28-19(32)13(7-8-15(24)29)26-18(31)12(23)6-4-5-9-22/h11-14,17H,3-10,22-23H2,1-2H3,(H2,24,29)(H2,25,30)(H,26,31)(H,27,33)(H,28,32)(H,34,35). The maximum atomic E-state index is 13.0. The Morgan fingerprint density at radius 3 is 1.91 bits per heavy atom. The SMILES string of the molecule is CCC(C)C(NC(=O)C(CCC(N)=O)NC(=O)C(N)CCCCN)C(=O)NC(CC(N)=O)C(=O)O. The molecule has 14 heteroatoms. The minimum atomic E-state index is -1.58. The molecule has 200 valence electrons. The van der Waals surface area contributed by atoms with Crippen molar-refractivity contribution in [2.75, 3.05) is 6.54 Å². The lowest BCUT2D eigenvalue weighted by atomic mass is 9.97. The normalized spacial score (nSPS) is 15.1. The number of amides is 5. The summed E-state index contributed by atoms with van der Waals surface area (Å²) in [6, 6.07) is -4.92. The summed E-state index contributed by atoms with van der Waals surface area (Å²) in [7, 11) is 0. The van der Waals surface area contributed by atoms with Crippen LogP contribution in [0.1, 0.15) is 58.8 Å². The Bertz CT molecular complexity index is 762. The van der Waals surface area contributed by atoms with Gasteiger partial charge < -0.3 is 44.0 Å². The van der Waals surface area contributed by atoms with Gasteiger partial charge in [-0.3, -0.25) is 24.0 Å². The fourth-order valence-electron chi connectivity index (χ4n) is 3.09. The second kappa shape index (κ2) is 16.4. The van der Waals surface area contributed by atoms with Gasteiger partial charge in [0.25, 0.3) is 0 Å². The average molecular weight is 502 g/mol. The number of carboxylic acid groups (broad SMARTS) is 1. The largest absolute Gasteiger partial charge is 0.480 e. The second-order valence-electron chi connectivity index (χ2n) is 8.40. The number of carbonyl (C=O) groups is 6. The van der Waals surface area contributed by atoms with Gasteiger partial charge in [0.1, 0.15) is 18.1 Å². The second-order valence-corrected chi connectivity index (χ2v) is 8.40. The van der Waals surface area contributed by atoms with Crippen molar-refractivity contribution in [1.82, 2.24) is 16.0 Å². The average Bonchev–Trinajstić information content (AvgIpc) is 2.78. The van der Waals surface area contributed by atoms with E-state index < -0.39 is 72.0 Å². The van der Waals surface area contributed by atoms with E-state index in [1.807, 2.05) is 0 Å². The molecule has 0 saturated carbocycles. The van der Waals surface area contributed by atoms with Crippen molar-refractivity contribution in [2.45, 2.75) is 83.0 Å². The van der Waals surface area contributed by atoms with Crippen molar-refractivity contribution in [1.29, 1.82) is 0 Å². The van der Waals surface area contributed by atoms with E-state index in [0.717, 1.165) is 0 Å². The lowest BCUT2D eigenvalue weighted by Gasteiger charge is -2.28. The summed E-state index contributed by atoms with van der Waals surface area (Å²) < 4.78 is 0. The van der Waals surface area contributed by atoms with Gasteiger partial charge in [0.05, 0.1) is 12.5 Å². The van der Waals surface area contributed by atoms with Gasteiger partial charge in [-0.1, -0.05) is 26.7 Å². The van der Waals surface area contributed by atoms with Gasteiger partial charge in [-0.15, -0.1) is 0 Å². The van der Waals surface area contributed by atoms with E-state index in [1.54, 1.807) is 13.8 Å². The van der Waals surface area contributed by atoms with Crippen LogP contribution in [-0.4, -0.2) is 71.3 Å². The van der Waals surface area contributed by atoms with Gasteiger partial charge in [0, 0.05) is 6.42 Å². The Balaban J connectivity index is 5.56. The van der Waals surface area contributed by atoms with Crippen LogP contribution in [0.25, 0.3) is 0 Å². The summed E-state index contributed by atoms with van der Waals surface area (Å²) in [5.74, 6) is -5.80. The summed E-state index contributed by atoms with van der Waals surface area (Å²) in [4.78, 5) is 72.1. The molecule has 0 aliphatic carbocycles. The molecule has 5 unspecified atom stereocenters. The molecular formula is C21H39N7O7. The molecule has 0 aromatic rings. The number of carboxylic acids is 1. The van der Waals surface area contributed by atoms with Crippen LogP contribution in [0, 0.1) is 5.92 Å². The zero-order valence-electron chi connectivity index (χ0n) is 20.2. The van der Waals surface area contributed by atoms with Crippen LogP contribution in [0.3, 0.4) is 0 Å². The molecule has 0 radical (unpaired) electrons. The smallest absolute Gasteiger partial charge is 0.326 e. The number of aliphatic carboxylic acids is 1. The highest BCUT2D eigenvalue weighted by Gasteiger charge is 2.33. The van der Waals surface area contributed by atoms with Gasteiger partial charge in [0.15, 0.2) is 0 Å². The zero-order chi connectivity index (χ0) is 27.1. The molecule has 0 fully saturated rings. The highest BCUT2D eigenvalue weighted by Crippen LogP contribution is 2.11. The van der Waals surface area contributed by atoms with E-state index in [0.29, 0.717) is 32.2 Å². The summed E-state index contributed by atoms with van der Waals surface area (Å²) >= 11 is 0. The summed E-state index contributed by atoms with van der Waals surface area (Å²) in [6.45, 7) is 3.85. The van der Waals surface area contributed by atoms with Crippen molar-refractivity contribution in [3.63, 3.8) is 0 Å². The third kappa shape index (κ3) is 12.7. The molecule has 12 N–H and O–H groups in total. The first-order chi connectivity index (χ1) is 16.3. The lowest BCUT2D eigenvalue weighted by molar-refractivity contribution is -0.144. The Hall–Kier alpha value is -3.26. The van der Waals surface area contributed by atoms with E-state index in [2.05, 4.69) is 16.0 Å². The minimum Gasteiger partial charge on any atom is -0.480 e. The minimum absolute atomic E-state index is 0.142. The number of rotatable bonds is 18. The fourth-order valence-corrected chi connectivity index (χ4v) is 3.09. The molecule has 5 amide bonds. The molecular weight excluding hydrogens is 462 g/mol. The van der Waals surface area contributed by atoms with Crippen molar-refractivity contribution in [2.24, 2.45) is 28.9 Å². The Morgan fingerprint density at radius 1 is 0.829 bits per heavy atom. The van der Waals surface area contributed by atoms with Crippen molar-refractivity contribution in [3.05, 3.63) is 0 Å². The van der Waals surface area contributed by atoms with E-state index in [1.165, 1.54) is 0 Å². The molecule has 0 spiro atoms. The van der Waals surface area contributed by atoms with E-state index in [9.17, 15) is 33.9 Å². The monoisotopic (exact) mass is 501 g/mol. The highest BCUT2D eigenvalue weighted by atomic mass is 16.4. The Morgan fingerprint density at radius 2 is 1.43 bits per heavy atom. The molecule has 0 aliphatic rings. The number of nitrogens with two attached hydrogens (primary N) is 4. The van der Waals surface area contributed by atoms with Crippen LogP contribution >= 0.6 is 0 Å². The Labute approximate surface area is 204 Å².